The monoisotopic (exact) mass is 299 g/mol. The Hall–Kier alpha value is -1.31. The Morgan fingerprint density at radius 1 is 1.37 bits per heavy atom. The van der Waals surface area contributed by atoms with Crippen LogP contribution < -0.4 is 0 Å². The molecule has 1 aliphatic rings. The van der Waals surface area contributed by atoms with Crippen LogP contribution in [-0.2, 0) is 14.8 Å². The number of nitrogens with zero attached hydrogens (tertiary/aromatic N) is 1. The van der Waals surface area contributed by atoms with Gasteiger partial charge in [-0.25, -0.2) is 8.42 Å². The molecule has 0 aromatic heterocycles. The first-order chi connectivity index (χ1) is 9.00. The number of benzene rings is 1. The van der Waals surface area contributed by atoms with Crippen molar-refractivity contribution in [3.8, 4) is 0 Å². The van der Waals surface area contributed by atoms with Gasteiger partial charge in [-0.15, -0.1) is 11.8 Å². The standard InChI is InChI=1S/C12H13NO4S2/c14-12(15)11-8-18-9-13(11)19(16,17)7-6-10-4-2-1-3-5-10/h1-7,11H,8-9H2,(H,14,15)/b7-6+. The number of carboxylic acids is 1. The van der Waals surface area contributed by atoms with Crippen LogP contribution in [0.5, 0.6) is 0 Å². The van der Waals surface area contributed by atoms with Crippen LogP contribution in [-0.4, -0.2) is 41.5 Å². The van der Waals surface area contributed by atoms with E-state index in [1.165, 1.54) is 17.8 Å². The highest BCUT2D eigenvalue weighted by molar-refractivity contribution is 8.01. The van der Waals surface area contributed by atoms with Crippen LogP contribution in [0.2, 0.25) is 0 Å². The molecule has 0 radical (unpaired) electrons. The van der Waals surface area contributed by atoms with Gasteiger partial charge in [0.05, 0.1) is 5.88 Å². The van der Waals surface area contributed by atoms with E-state index in [9.17, 15) is 13.2 Å². The summed E-state index contributed by atoms with van der Waals surface area (Å²) in [7, 11) is -3.70. The highest BCUT2D eigenvalue weighted by Gasteiger charge is 2.37. The molecule has 1 aromatic rings. The van der Waals surface area contributed by atoms with Gasteiger partial charge >= 0.3 is 5.97 Å². The highest BCUT2D eigenvalue weighted by Crippen LogP contribution is 2.25. The fourth-order valence-electron chi connectivity index (χ4n) is 1.68. The summed E-state index contributed by atoms with van der Waals surface area (Å²) in [6.45, 7) is 0. The number of hydrogen-bond donors (Lipinski definition) is 1. The molecule has 1 atom stereocenters. The Labute approximate surface area is 116 Å². The molecule has 19 heavy (non-hydrogen) atoms. The third-order valence-electron chi connectivity index (χ3n) is 2.69. The normalized spacial score (nSPS) is 20.9. The quantitative estimate of drug-likeness (QED) is 0.910. The maximum Gasteiger partial charge on any atom is 0.322 e. The van der Waals surface area contributed by atoms with E-state index in [-0.39, 0.29) is 11.6 Å². The predicted octanol–water partition coefficient (Wildman–Crippen LogP) is 1.45. The molecule has 2 rings (SSSR count). The molecule has 1 aromatic carbocycles. The van der Waals surface area contributed by atoms with Gasteiger partial charge in [-0.2, -0.15) is 4.31 Å². The van der Waals surface area contributed by atoms with Crippen LogP contribution >= 0.6 is 11.8 Å². The third-order valence-corrected chi connectivity index (χ3v) is 5.38. The lowest BCUT2D eigenvalue weighted by molar-refractivity contribution is -0.140. The Morgan fingerprint density at radius 3 is 2.68 bits per heavy atom. The molecular formula is C12H13NO4S2. The van der Waals surface area contributed by atoms with Crippen molar-refractivity contribution in [2.24, 2.45) is 0 Å². The van der Waals surface area contributed by atoms with Gasteiger partial charge in [-0.3, -0.25) is 4.79 Å². The van der Waals surface area contributed by atoms with Gasteiger partial charge in [0.15, 0.2) is 0 Å². The zero-order valence-electron chi connectivity index (χ0n) is 9.97. The minimum atomic E-state index is -3.70. The molecule has 1 unspecified atom stereocenters. The molecular weight excluding hydrogens is 286 g/mol. The summed E-state index contributed by atoms with van der Waals surface area (Å²) in [5.41, 5.74) is 0.754. The van der Waals surface area contributed by atoms with Gasteiger partial charge in [-0.05, 0) is 11.6 Å². The first-order valence-corrected chi connectivity index (χ1v) is 8.22. The zero-order chi connectivity index (χ0) is 13.9. The average Bonchev–Trinajstić information content (AvgIpc) is 2.88. The number of aliphatic carboxylic acids is 1. The molecule has 0 bridgehead atoms. The molecule has 1 saturated heterocycles. The Bertz CT molecular complexity index is 583. The van der Waals surface area contributed by atoms with E-state index in [2.05, 4.69) is 0 Å². The van der Waals surface area contributed by atoms with Gasteiger partial charge in [0.25, 0.3) is 0 Å². The van der Waals surface area contributed by atoms with Crippen LogP contribution in [0.4, 0.5) is 0 Å². The van der Waals surface area contributed by atoms with E-state index >= 15 is 0 Å². The number of carbonyl (C=O) groups is 1. The summed E-state index contributed by atoms with van der Waals surface area (Å²) in [5, 5.41) is 10.0. The molecule has 5 nitrogen and oxygen atoms in total. The summed E-state index contributed by atoms with van der Waals surface area (Å²) in [5.74, 6) is -0.645. The molecule has 7 heteroatoms. The molecule has 1 heterocycles. The smallest absolute Gasteiger partial charge is 0.322 e. The van der Waals surface area contributed by atoms with Crippen molar-refractivity contribution >= 4 is 33.8 Å². The molecule has 0 saturated carbocycles. The van der Waals surface area contributed by atoms with Crippen molar-refractivity contribution in [3.05, 3.63) is 41.3 Å². The van der Waals surface area contributed by atoms with Gasteiger partial charge in [0.1, 0.15) is 6.04 Å². The van der Waals surface area contributed by atoms with Crippen molar-refractivity contribution in [2.45, 2.75) is 6.04 Å². The first kappa shape index (κ1) is 14.1. The van der Waals surface area contributed by atoms with Crippen molar-refractivity contribution < 1.29 is 18.3 Å². The minimum absolute atomic E-state index is 0.179. The number of thioether (sulfide) groups is 1. The molecule has 1 aliphatic heterocycles. The van der Waals surface area contributed by atoms with Crippen molar-refractivity contribution in [1.82, 2.24) is 4.31 Å². The van der Waals surface area contributed by atoms with Gasteiger partial charge in [-0.1, -0.05) is 30.3 Å². The lowest BCUT2D eigenvalue weighted by atomic mass is 10.2. The second-order valence-electron chi connectivity index (χ2n) is 4.00. The molecule has 0 spiro atoms. The van der Waals surface area contributed by atoms with Gasteiger partial charge in [0, 0.05) is 11.2 Å². The fraction of sp³-hybridized carbons (Fsp3) is 0.250. The van der Waals surface area contributed by atoms with Crippen LogP contribution in [0, 0.1) is 0 Å². The van der Waals surface area contributed by atoms with Crippen LogP contribution in [0.15, 0.2) is 35.7 Å². The third kappa shape index (κ3) is 3.37. The summed E-state index contributed by atoms with van der Waals surface area (Å²) in [4.78, 5) is 11.0. The van der Waals surface area contributed by atoms with E-state index in [1.54, 1.807) is 24.3 Å². The molecule has 1 N–H and O–H groups in total. The molecule has 0 amide bonds. The molecule has 0 aliphatic carbocycles. The lowest BCUT2D eigenvalue weighted by Crippen LogP contribution is -2.40. The Kier molecular flexibility index (Phi) is 4.28. The van der Waals surface area contributed by atoms with Gasteiger partial charge < -0.3 is 5.11 Å². The second-order valence-corrected chi connectivity index (χ2v) is 6.77. The Balaban J connectivity index is 2.19. The largest absolute Gasteiger partial charge is 0.480 e. The summed E-state index contributed by atoms with van der Waals surface area (Å²) < 4.78 is 25.2. The highest BCUT2D eigenvalue weighted by atomic mass is 32.2. The summed E-state index contributed by atoms with van der Waals surface area (Å²) >= 11 is 1.30. The maximum atomic E-state index is 12.1. The van der Waals surface area contributed by atoms with Crippen molar-refractivity contribution in [2.75, 3.05) is 11.6 Å². The Morgan fingerprint density at radius 2 is 2.05 bits per heavy atom. The minimum Gasteiger partial charge on any atom is -0.480 e. The van der Waals surface area contributed by atoms with E-state index in [1.807, 2.05) is 6.07 Å². The van der Waals surface area contributed by atoms with Crippen molar-refractivity contribution in [1.29, 1.82) is 0 Å². The lowest BCUT2D eigenvalue weighted by Gasteiger charge is -2.17. The SMILES string of the molecule is O=C(O)C1CSCN1S(=O)(=O)/C=C/c1ccccc1. The summed E-state index contributed by atoms with van der Waals surface area (Å²) in [6, 6.07) is 8.02. The topological polar surface area (TPSA) is 74.7 Å². The van der Waals surface area contributed by atoms with Crippen LogP contribution in [0.25, 0.3) is 6.08 Å². The van der Waals surface area contributed by atoms with Crippen molar-refractivity contribution in [3.63, 3.8) is 0 Å². The van der Waals surface area contributed by atoms with E-state index in [4.69, 9.17) is 5.11 Å². The number of hydrogen-bond acceptors (Lipinski definition) is 4. The molecule has 102 valence electrons. The predicted molar refractivity (Wildman–Crippen MR) is 75.0 cm³/mol. The van der Waals surface area contributed by atoms with E-state index in [0.29, 0.717) is 0 Å². The molecule has 1 fully saturated rings. The second kappa shape index (κ2) is 5.77. The summed E-state index contributed by atoms with van der Waals surface area (Å²) in [6.07, 6.45) is 1.47. The maximum absolute atomic E-state index is 12.1. The zero-order valence-corrected chi connectivity index (χ0v) is 11.6. The average molecular weight is 299 g/mol. The first-order valence-electron chi connectivity index (χ1n) is 5.56. The number of sulfonamides is 1. The van der Waals surface area contributed by atoms with E-state index in [0.717, 1.165) is 15.3 Å². The van der Waals surface area contributed by atoms with E-state index < -0.39 is 22.0 Å². The number of carboxylic acid groups (broad SMARTS) is 1. The van der Waals surface area contributed by atoms with Gasteiger partial charge in [0.2, 0.25) is 10.0 Å². The number of rotatable bonds is 4. The van der Waals surface area contributed by atoms with Crippen LogP contribution in [0.1, 0.15) is 5.56 Å². The van der Waals surface area contributed by atoms with Crippen LogP contribution in [0.3, 0.4) is 0 Å². The fourth-order valence-corrected chi connectivity index (χ4v) is 4.60.